The molecule has 0 N–H and O–H groups in total. The van der Waals surface area contributed by atoms with Crippen LogP contribution in [0.4, 0.5) is 0 Å². The fraction of sp³-hybridized carbons (Fsp3) is 1.00. The van der Waals surface area contributed by atoms with Gasteiger partial charge in [-0.2, -0.15) is 0 Å². The molecule has 0 unspecified atom stereocenters. The van der Waals surface area contributed by atoms with Crippen molar-refractivity contribution >= 4 is 8.60 Å². The van der Waals surface area contributed by atoms with E-state index in [9.17, 15) is 0 Å². The number of hydrogen-bond acceptors (Lipinski definition) is 3. The van der Waals surface area contributed by atoms with Gasteiger partial charge in [-0.15, -0.1) is 0 Å². The van der Waals surface area contributed by atoms with Gasteiger partial charge in [-0.3, -0.25) is 0 Å². The Morgan fingerprint density at radius 3 is 1.11 bits per heavy atom. The van der Waals surface area contributed by atoms with Crippen molar-refractivity contribution in [2.45, 2.75) is 0 Å². The molecule has 0 aliphatic heterocycles. The third-order valence-electron chi connectivity index (χ3n) is 0.447. The van der Waals surface area contributed by atoms with Crippen LogP contribution >= 0.6 is 8.60 Å². The van der Waals surface area contributed by atoms with Crippen LogP contribution < -0.4 is 53.5 Å². The Balaban J connectivity index is -0.000000180. The van der Waals surface area contributed by atoms with Crippen molar-refractivity contribution in [1.29, 1.82) is 0 Å². The Morgan fingerprint density at radius 2 is 1.11 bits per heavy atom. The second kappa shape index (κ2) is 12.7. The zero-order valence-electron chi connectivity index (χ0n) is 6.05. The fourth-order valence-electron chi connectivity index (χ4n) is 0.224. The molecule has 0 spiro atoms. The summed E-state index contributed by atoms with van der Waals surface area (Å²) in [4.78, 5) is 0. The molecule has 0 fully saturated rings. The molecule has 0 radical (unpaired) electrons. The third kappa shape index (κ3) is 10.0. The molecule has 0 aliphatic carbocycles. The van der Waals surface area contributed by atoms with Gasteiger partial charge in [0.25, 0.3) is 0 Å². The first-order valence-corrected chi connectivity index (χ1v) is 2.87. The van der Waals surface area contributed by atoms with E-state index < -0.39 is 8.60 Å². The van der Waals surface area contributed by atoms with E-state index in [-0.39, 0.29) is 53.5 Å². The van der Waals surface area contributed by atoms with Gasteiger partial charge in [0.05, 0.1) is 0 Å². The minimum atomic E-state index is -1.05. The van der Waals surface area contributed by atoms with Gasteiger partial charge in [0.2, 0.25) is 0 Å². The van der Waals surface area contributed by atoms with Crippen LogP contribution in [-0.2, 0) is 13.6 Å². The van der Waals surface area contributed by atoms with Crippen LogP contribution in [0, 0.1) is 0 Å². The monoisotopic (exact) mass is 274 g/mol. The average molecular weight is 274 g/mol. The molecule has 9 heavy (non-hydrogen) atoms. The van der Waals surface area contributed by atoms with Crippen LogP contribution in [-0.4, -0.2) is 21.3 Å². The smallest absolute Gasteiger partial charge is 1.00 e. The Bertz CT molecular complexity index is 40.5. The van der Waals surface area contributed by atoms with Gasteiger partial charge >= 0.3 is 38.2 Å². The molecule has 0 rings (SSSR count). The Hall–Kier alpha value is 2.04. The van der Waals surface area contributed by atoms with Gasteiger partial charge in [-0.25, -0.2) is 0 Å². The minimum Gasteiger partial charge on any atom is -1.00 e. The van der Waals surface area contributed by atoms with Crippen molar-refractivity contribution in [3.8, 4) is 0 Å². The maximum Gasteiger partial charge on any atom is 1.00 e. The molecule has 0 aromatic carbocycles. The van der Waals surface area contributed by atoms with E-state index in [2.05, 4.69) is 13.6 Å². The molecule has 0 heterocycles. The topological polar surface area (TPSA) is 27.7 Å². The predicted molar refractivity (Wildman–Crippen MR) is 27.9 cm³/mol. The van der Waals surface area contributed by atoms with E-state index in [0.29, 0.717) is 0 Å². The van der Waals surface area contributed by atoms with Gasteiger partial charge in [0.1, 0.15) is 0 Å². The Kier molecular flexibility index (Phi) is 24.3. The Morgan fingerprint density at radius 1 is 0.889 bits per heavy atom. The van der Waals surface area contributed by atoms with E-state index in [1.54, 1.807) is 21.3 Å². The first-order chi connectivity index (χ1) is 3.35. The largest absolute Gasteiger partial charge is 1.00 e. The predicted octanol–water partition coefficient (Wildman–Crippen LogP) is -4.84. The zero-order chi connectivity index (χ0) is 5.70. The van der Waals surface area contributed by atoms with Gasteiger partial charge < -0.3 is 37.5 Å². The molecule has 0 saturated heterocycles. The van der Waals surface area contributed by atoms with Gasteiger partial charge in [-0.1, -0.05) is 0 Å². The van der Waals surface area contributed by atoms with Crippen molar-refractivity contribution in [2.24, 2.45) is 0 Å². The maximum absolute atomic E-state index is 4.67. The van der Waals surface area contributed by atoms with Crippen molar-refractivity contribution in [1.82, 2.24) is 0 Å². The summed E-state index contributed by atoms with van der Waals surface area (Å²) in [6.07, 6.45) is 0. The zero-order valence-corrected chi connectivity index (χ0v) is 11.1. The molecular weight excluding hydrogens is 265 g/mol. The first kappa shape index (κ1) is 17.2. The SMILES string of the molecule is COP(OC)OC.[I-].[Na+]. The molecule has 0 aromatic heterocycles. The standard InChI is InChI=1S/C3H9O3P.HI.Na/c1-4-7(5-2)6-3;;/h1-3H3;1H;/q;;+1/p-1. The second-order valence-corrected chi connectivity index (χ2v) is 2.31. The number of rotatable bonds is 3. The van der Waals surface area contributed by atoms with Crippen LogP contribution in [0.15, 0.2) is 0 Å². The quantitative estimate of drug-likeness (QED) is 0.293. The summed E-state index contributed by atoms with van der Waals surface area (Å²) in [7, 11) is 3.57. The van der Waals surface area contributed by atoms with Crippen LogP contribution in [0.5, 0.6) is 0 Å². The Labute approximate surface area is 96.1 Å². The first-order valence-electron chi connectivity index (χ1n) is 1.77. The number of halogens is 1. The van der Waals surface area contributed by atoms with Crippen molar-refractivity contribution < 1.29 is 67.1 Å². The molecular formula is C3H9INaO3P. The van der Waals surface area contributed by atoms with Gasteiger partial charge in [0.15, 0.2) is 0 Å². The molecule has 0 atom stereocenters. The molecule has 6 heteroatoms. The van der Waals surface area contributed by atoms with Crippen LogP contribution in [0.25, 0.3) is 0 Å². The van der Waals surface area contributed by atoms with Crippen molar-refractivity contribution in [2.75, 3.05) is 21.3 Å². The molecule has 0 saturated carbocycles. The summed E-state index contributed by atoms with van der Waals surface area (Å²) in [5.41, 5.74) is 0. The molecule has 0 aliphatic rings. The second-order valence-electron chi connectivity index (χ2n) is 0.771. The fourth-order valence-corrected chi connectivity index (χ4v) is 0.671. The summed E-state index contributed by atoms with van der Waals surface area (Å²) in [6.45, 7) is 0. The molecule has 3 nitrogen and oxygen atoms in total. The van der Waals surface area contributed by atoms with E-state index in [0.717, 1.165) is 0 Å². The normalized spacial score (nSPS) is 8.00. The van der Waals surface area contributed by atoms with Crippen LogP contribution in [0.1, 0.15) is 0 Å². The third-order valence-corrected chi connectivity index (χ3v) is 1.34. The van der Waals surface area contributed by atoms with E-state index >= 15 is 0 Å². The van der Waals surface area contributed by atoms with E-state index in [1.807, 2.05) is 0 Å². The van der Waals surface area contributed by atoms with Crippen molar-refractivity contribution in [3.05, 3.63) is 0 Å². The minimum absolute atomic E-state index is 0. The van der Waals surface area contributed by atoms with Crippen LogP contribution in [0.2, 0.25) is 0 Å². The molecule has 0 bridgehead atoms. The maximum atomic E-state index is 4.67. The summed E-state index contributed by atoms with van der Waals surface area (Å²) in [5, 5.41) is 0. The van der Waals surface area contributed by atoms with Crippen LogP contribution in [0.3, 0.4) is 0 Å². The van der Waals surface area contributed by atoms with Gasteiger partial charge in [-0.05, 0) is 0 Å². The number of hydrogen-bond donors (Lipinski definition) is 0. The summed E-state index contributed by atoms with van der Waals surface area (Å²) in [6, 6.07) is 0. The molecule has 0 amide bonds. The van der Waals surface area contributed by atoms with E-state index in [4.69, 9.17) is 0 Å². The summed E-state index contributed by atoms with van der Waals surface area (Å²) in [5.74, 6) is 0. The van der Waals surface area contributed by atoms with Gasteiger partial charge in [0, 0.05) is 21.3 Å². The molecule has 0 aromatic rings. The summed E-state index contributed by atoms with van der Waals surface area (Å²) >= 11 is 0. The van der Waals surface area contributed by atoms with Crippen molar-refractivity contribution in [3.63, 3.8) is 0 Å². The summed E-state index contributed by atoms with van der Waals surface area (Å²) < 4.78 is 14.0. The molecule has 52 valence electrons. The average Bonchev–Trinajstić information content (AvgIpc) is 1.72. The van der Waals surface area contributed by atoms with E-state index in [1.165, 1.54) is 0 Å².